The lowest BCUT2D eigenvalue weighted by Gasteiger charge is -2.15. The number of halogens is 1. The minimum absolute atomic E-state index is 0.135. The van der Waals surface area contributed by atoms with E-state index in [0.29, 0.717) is 18.0 Å². The molecule has 1 unspecified atom stereocenters. The lowest BCUT2D eigenvalue weighted by atomic mass is 10.0. The highest BCUT2D eigenvalue weighted by atomic mass is 35.5. The van der Waals surface area contributed by atoms with Crippen LogP contribution in [0.1, 0.15) is 25.3 Å². The molecule has 0 spiro atoms. The molecule has 0 aliphatic carbocycles. The summed E-state index contributed by atoms with van der Waals surface area (Å²) in [6, 6.07) is 7.39. The molecule has 0 aliphatic rings. The summed E-state index contributed by atoms with van der Waals surface area (Å²) < 4.78 is 0. The first-order valence-electron chi connectivity index (χ1n) is 5.86. The molecule has 1 aromatic carbocycles. The molecule has 3 nitrogen and oxygen atoms in total. The fourth-order valence-corrected chi connectivity index (χ4v) is 2.07. The Kier molecular flexibility index (Phi) is 6.09. The number of carbonyl (C=O) groups is 1. The maximum Gasteiger partial charge on any atom is 0.230 e. The van der Waals surface area contributed by atoms with Crippen molar-refractivity contribution in [2.45, 2.75) is 26.3 Å². The van der Waals surface area contributed by atoms with Crippen LogP contribution in [0.25, 0.3) is 0 Å². The van der Waals surface area contributed by atoms with Gasteiger partial charge in [0.25, 0.3) is 0 Å². The first-order valence-corrected chi connectivity index (χ1v) is 6.65. The normalized spacial score (nSPS) is 11.9. The van der Waals surface area contributed by atoms with Crippen molar-refractivity contribution in [2.75, 3.05) is 0 Å². The predicted octanol–water partition coefficient (Wildman–Crippen LogP) is 2.66. The van der Waals surface area contributed by atoms with Gasteiger partial charge in [0.2, 0.25) is 5.91 Å². The van der Waals surface area contributed by atoms with Gasteiger partial charge in [0.05, 0.1) is 10.9 Å². The van der Waals surface area contributed by atoms with Crippen LogP contribution in [0.2, 0.25) is 5.02 Å². The van der Waals surface area contributed by atoms with Gasteiger partial charge in [0.1, 0.15) is 0 Å². The number of carbonyl (C=O) groups excluding carboxylic acids is 1. The highest BCUT2D eigenvalue weighted by Gasteiger charge is 2.20. The number of hydrogen-bond donors (Lipinski definition) is 2. The molecule has 0 aliphatic heterocycles. The molecule has 0 saturated carbocycles. The topological polar surface area (TPSA) is 55.1 Å². The number of thiocarbonyl (C=S) groups is 1. The summed E-state index contributed by atoms with van der Waals surface area (Å²) in [5, 5.41) is 3.45. The van der Waals surface area contributed by atoms with E-state index in [1.54, 1.807) is 6.07 Å². The quantitative estimate of drug-likeness (QED) is 0.790. The van der Waals surface area contributed by atoms with Crippen molar-refractivity contribution >= 4 is 34.7 Å². The zero-order chi connectivity index (χ0) is 13.5. The van der Waals surface area contributed by atoms with Crippen molar-refractivity contribution in [3.63, 3.8) is 0 Å². The Balaban J connectivity index is 2.60. The van der Waals surface area contributed by atoms with Gasteiger partial charge in [0.15, 0.2) is 0 Å². The summed E-state index contributed by atoms with van der Waals surface area (Å²) >= 11 is 10.9. The summed E-state index contributed by atoms with van der Waals surface area (Å²) in [6.07, 6.45) is 1.53. The molecule has 1 aromatic rings. The van der Waals surface area contributed by atoms with Crippen LogP contribution in [0, 0.1) is 5.92 Å². The summed E-state index contributed by atoms with van der Waals surface area (Å²) in [5.74, 6) is -0.531. The van der Waals surface area contributed by atoms with Gasteiger partial charge in [-0.1, -0.05) is 55.4 Å². The Morgan fingerprint density at radius 3 is 2.72 bits per heavy atom. The number of nitrogens with two attached hydrogens (primary N) is 1. The van der Waals surface area contributed by atoms with Crippen molar-refractivity contribution in [2.24, 2.45) is 11.7 Å². The first kappa shape index (κ1) is 14.9. The summed E-state index contributed by atoms with van der Waals surface area (Å²) in [5.41, 5.74) is 6.45. The van der Waals surface area contributed by atoms with Crippen LogP contribution >= 0.6 is 23.8 Å². The first-order chi connectivity index (χ1) is 8.56. The van der Waals surface area contributed by atoms with Crippen LogP contribution in [-0.2, 0) is 11.3 Å². The van der Waals surface area contributed by atoms with Crippen LogP contribution in [0.3, 0.4) is 0 Å². The van der Waals surface area contributed by atoms with E-state index in [-0.39, 0.29) is 10.9 Å². The molecular weight excluding hydrogens is 268 g/mol. The molecule has 0 fully saturated rings. The smallest absolute Gasteiger partial charge is 0.230 e. The van der Waals surface area contributed by atoms with Gasteiger partial charge < -0.3 is 11.1 Å². The number of hydrogen-bond acceptors (Lipinski definition) is 2. The van der Waals surface area contributed by atoms with Gasteiger partial charge in [-0.15, -0.1) is 0 Å². The average molecular weight is 285 g/mol. The number of amides is 1. The molecule has 5 heteroatoms. The van der Waals surface area contributed by atoms with E-state index in [1.807, 2.05) is 25.1 Å². The van der Waals surface area contributed by atoms with Crippen molar-refractivity contribution in [1.29, 1.82) is 0 Å². The lowest BCUT2D eigenvalue weighted by Crippen LogP contribution is -2.37. The summed E-state index contributed by atoms with van der Waals surface area (Å²) in [4.78, 5) is 12.2. The Bertz CT molecular complexity index is 437. The van der Waals surface area contributed by atoms with Gasteiger partial charge in [-0.05, 0) is 18.1 Å². The molecule has 0 radical (unpaired) electrons. The van der Waals surface area contributed by atoms with Gasteiger partial charge in [-0.25, -0.2) is 0 Å². The molecule has 3 N–H and O–H groups in total. The third-order valence-electron chi connectivity index (χ3n) is 2.65. The third kappa shape index (κ3) is 4.27. The van der Waals surface area contributed by atoms with Gasteiger partial charge in [-0.3, -0.25) is 4.79 Å². The minimum atomic E-state index is -0.396. The Hall–Kier alpha value is -1.13. The van der Waals surface area contributed by atoms with Gasteiger partial charge in [-0.2, -0.15) is 0 Å². The monoisotopic (exact) mass is 284 g/mol. The van der Waals surface area contributed by atoms with Crippen LogP contribution in [0.5, 0.6) is 0 Å². The van der Waals surface area contributed by atoms with E-state index in [4.69, 9.17) is 29.6 Å². The molecule has 1 atom stereocenters. The molecule has 0 heterocycles. The average Bonchev–Trinajstić information content (AvgIpc) is 2.34. The van der Waals surface area contributed by atoms with Crippen molar-refractivity contribution < 1.29 is 4.79 Å². The fourth-order valence-electron chi connectivity index (χ4n) is 1.64. The Labute approximate surface area is 118 Å². The van der Waals surface area contributed by atoms with Gasteiger partial charge >= 0.3 is 0 Å². The molecule has 18 heavy (non-hydrogen) atoms. The Morgan fingerprint density at radius 2 is 2.17 bits per heavy atom. The van der Waals surface area contributed by atoms with E-state index in [2.05, 4.69) is 5.32 Å². The second kappa shape index (κ2) is 7.34. The standard InChI is InChI=1S/C13H17ClN2OS/c1-2-5-10(12(15)18)13(17)16-8-9-6-3-4-7-11(9)14/h3-4,6-7,10H,2,5,8H2,1H3,(H2,15,18)(H,16,17). The molecule has 0 aromatic heterocycles. The van der Waals surface area contributed by atoms with Crippen molar-refractivity contribution in [1.82, 2.24) is 5.32 Å². The second-order valence-corrected chi connectivity index (χ2v) is 4.93. The molecule has 1 rings (SSSR count). The number of nitrogens with one attached hydrogen (secondary N) is 1. The summed E-state index contributed by atoms with van der Waals surface area (Å²) in [6.45, 7) is 2.38. The van der Waals surface area contributed by atoms with E-state index in [9.17, 15) is 4.79 Å². The second-order valence-electron chi connectivity index (χ2n) is 4.05. The highest BCUT2D eigenvalue weighted by Crippen LogP contribution is 2.15. The molecule has 98 valence electrons. The highest BCUT2D eigenvalue weighted by molar-refractivity contribution is 7.80. The number of benzene rings is 1. The largest absolute Gasteiger partial charge is 0.393 e. The van der Waals surface area contributed by atoms with E-state index in [1.165, 1.54) is 0 Å². The molecule has 1 amide bonds. The third-order valence-corrected chi connectivity index (χ3v) is 3.30. The SMILES string of the molecule is CCCC(C(=O)NCc1ccccc1Cl)C(N)=S. The van der Waals surface area contributed by atoms with Crippen LogP contribution in [-0.4, -0.2) is 10.9 Å². The maximum atomic E-state index is 11.9. The van der Waals surface area contributed by atoms with Crippen LogP contribution in [0.4, 0.5) is 0 Å². The molecule has 0 bridgehead atoms. The van der Waals surface area contributed by atoms with Crippen molar-refractivity contribution in [3.05, 3.63) is 34.9 Å². The van der Waals surface area contributed by atoms with E-state index in [0.717, 1.165) is 12.0 Å². The zero-order valence-corrected chi connectivity index (χ0v) is 11.9. The van der Waals surface area contributed by atoms with Gasteiger partial charge in [0, 0.05) is 11.6 Å². The molecular formula is C13H17ClN2OS. The maximum absolute atomic E-state index is 11.9. The fraction of sp³-hybridized carbons (Fsp3) is 0.385. The van der Waals surface area contributed by atoms with E-state index >= 15 is 0 Å². The van der Waals surface area contributed by atoms with Crippen molar-refractivity contribution in [3.8, 4) is 0 Å². The van der Waals surface area contributed by atoms with Crippen LogP contribution in [0.15, 0.2) is 24.3 Å². The van der Waals surface area contributed by atoms with E-state index < -0.39 is 5.92 Å². The lowest BCUT2D eigenvalue weighted by molar-refractivity contribution is -0.123. The zero-order valence-electron chi connectivity index (χ0n) is 10.3. The van der Waals surface area contributed by atoms with Crippen LogP contribution < -0.4 is 11.1 Å². The predicted molar refractivity (Wildman–Crippen MR) is 78.5 cm³/mol. The minimum Gasteiger partial charge on any atom is -0.393 e. The Morgan fingerprint density at radius 1 is 1.50 bits per heavy atom. The summed E-state index contributed by atoms with van der Waals surface area (Å²) in [7, 11) is 0. The number of rotatable bonds is 6. The molecule has 0 saturated heterocycles.